The maximum absolute atomic E-state index is 12.8. The summed E-state index contributed by atoms with van der Waals surface area (Å²) in [7, 11) is 0. The van der Waals surface area contributed by atoms with E-state index in [1.807, 2.05) is 0 Å². The average molecular weight is 292 g/mol. The van der Waals surface area contributed by atoms with Crippen LogP contribution in [0.15, 0.2) is 5.38 Å². The number of aromatic nitrogens is 4. The highest BCUT2D eigenvalue weighted by Crippen LogP contribution is 2.31. The lowest BCUT2D eigenvalue weighted by Gasteiger charge is -2.08. The summed E-state index contributed by atoms with van der Waals surface area (Å²) in [4.78, 5) is 14.7. The minimum atomic E-state index is -4.84. The summed E-state index contributed by atoms with van der Waals surface area (Å²) in [5.41, 5.74) is -1.82. The molecule has 0 spiro atoms. The molecular formula is C9H7F3N4O2S. The second-order valence-corrected chi connectivity index (χ2v) is 4.57. The number of halogens is 3. The molecule has 2 aromatic heterocycles. The van der Waals surface area contributed by atoms with Crippen LogP contribution >= 0.6 is 11.3 Å². The highest BCUT2D eigenvalue weighted by Gasteiger charge is 2.41. The molecule has 102 valence electrons. The first-order chi connectivity index (χ1) is 8.79. The molecule has 0 bridgehead atoms. The van der Waals surface area contributed by atoms with E-state index >= 15 is 0 Å². The number of hydrogen-bond acceptors (Lipinski definition) is 5. The number of thiazole rings is 1. The monoisotopic (exact) mass is 292 g/mol. The molecule has 19 heavy (non-hydrogen) atoms. The zero-order chi connectivity index (χ0) is 14.2. The highest BCUT2D eigenvalue weighted by atomic mass is 32.1. The van der Waals surface area contributed by atoms with Gasteiger partial charge >= 0.3 is 12.1 Å². The van der Waals surface area contributed by atoms with Gasteiger partial charge in [-0.05, 0) is 6.92 Å². The van der Waals surface area contributed by atoms with E-state index in [-0.39, 0.29) is 6.54 Å². The number of hydrogen-bond donors (Lipinski definition) is 1. The second kappa shape index (κ2) is 4.61. The molecule has 0 amide bonds. The number of aryl methyl sites for hydroxylation is 1. The molecule has 0 fully saturated rings. The summed E-state index contributed by atoms with van der Waals surface area (Å²) in [6, 6.07) is 0. The van der Waals surface area contributed by atoms with Crippen LogP contribution < -0.4 is 0 Å². The quantitative estimate of drug-likeness (QED) is 0.933. The minimum absolute atomic E-state index is 0.270. The highest BCUT2D eigenvalue weighted by molar-refractivity contribution is 7.09. The van der Waals surface area contributed by atoms with Crippen LogP contribution in [0.25, 0.3) is 0 Å². The van der Waals surface area contributed by atoms with E-state index in [9.17, 15) is 18.0 Å². The van der Waals surface area contributed by atoms with Crippen molar-refractivity contribution in [3.8, 4) is 0 Å². The molecular weight excluding hydrogens is 285 g/mol. The smallest absolute Gasteiger partial charge is 0.435 e. The van der Waals surface area contributed by atoms with E-state index < -0.39 is 23.5 Å². The van der Waals surface area contributed by atoms with Crippen LogP contribution in [-0.4, -0.2) is 31.1 Å². The van der Waals surface area contributed by atoms with E-state index in [1.54, 1.807) is 12.3 Å². The first-order valence-electron chi connectivity index (χ1n) is 4.94. The molecule has 0 aliphatic heterocycles. The van der Waals surface area contributed by atoms with Crippen LogP contribution in [0.2, 0.25) is 0 Å². The van der Waals surface area contributed by atoms with E-state index in [0.717, 1.165) is 0 Å². The Morgan fingerprint density at radius 1 is 1.53 bits per heavy atom. The Balaban J connectivity index is 2.43. The van der Waals surface area contributed by atoms with Gasteiger partial charge in [-0.1, -0.05) is 5.21 Å². The lowest BCUT2D eigenvalue weighted by molar-refractivity contribution is -0.144. The second-order valence-electron chi connectivity index (χ2n) is 3.63. The van der Waals surface area contributed by atoms with Gasteiger partial charge < -0.3 is 5.11 Å². The first kappa shape index (κ1) is 13.5. The minimum Gasteiger partial charge on any atom is -0.476 e. The molecule has 2 aromatic rings. The van der Waals surface area contributed by atoms with E-state index in [4.69, 9.17) is 5.11 Å². The van der Waals surface area contributed by atoms with Crippen LogP contribution in [-0.2, 0) is 12.7 Å². The molecule has 0 radical (unpaired) electrons. The Hall–Kier alpha value is -1.97. The molecule has 0 atom stereocenters. The SMILES string of the molecule is Cc1csc(Cn2nnc(C(=O)O)c2C(F)(F)F)n1. The third kappa shape index (κ3) is 2.72. The summed E-state index contributed by atoms with van der Waals surface area (Å²) in [6.45, 7) is 1.43. The molecule has 2 rings (SSSR count). The van der Waals surface area contributed by atoms with Gasteiger partial charge in [-0.25, -0.2) is 14.5 Å². The fraction of sp³-hybridized carbons (Fsp3) is 0.333. The van der Waals surface area contributed by atoms with Crippen molar-refractivity contribution in [2.45, 2.75) is 19.6 Å². The summed E-state index contributed by atoms with van der Waals surface area (Å²) < 4.78 is 39.0. The van der Waals surface area contributed by atoms with Crippen LogP contribution in [0.5, 0.6) is 0 Å². The molecule has 2 heterocycles. The van der Waals surface area contributed by atoms with Gasteiger partial charge in [0.2, 0.25) is 5.69 Å². The Morgan fingerprint density at radius 3 is 2.68 bits per heavy atom. The Labute approximate surface area is 108 Å². The zero-order valence-electron chi connectivity index (χ0n) is 9.47. The maximum atomic E-state index is 12.8. The van der Waals surface area contributed by atoms with Crippen molar-refractivity contribution in [3.63, 3.8) is 0 Å². The Morgan fingerprint density at radius 2 is 2.21 bits per heavy atom. The number of carbonyl (C=O) groups is 1. The number of carboxylic acid groups (broad SMARTS) is 1. The topological polar surface area (TPSA) is 80.9 Å². The molecule has 0 aliphatic rings. The number of aromatic carboxylic acids is 1. The third-order valence-electron chi connectivity index (χ3n) is 2.16. The van der Waals surface area contributed by atoms with Gasteiger partial charge in [-0.15, -0.1) is 16.4 Å². The predicted octanol–water partition coefficient (Wildman–Crippen LogP) is 1.81. The van der Waals surface area contributed by atoms with Crippen molar-refractivity contribution in [1.82, 2.24) is 20.0 Å². The molecule has 0 aliphatic carbocycles. The molecule has 0 saturated carbocycles. The van der Waals surface area contributed by atoms with E-state index in [1.165, 1.54) is 11.3 Å². The fourth-order valence-electron chi connectivity index (χ4n) is 1.45. The van der Waals surface area contributed by atoms with Gasteiger partial charge in [-0.2, -0.15) is 13.2 Å². The molecule has 6 nitrogen and oxygen atoms in total. The van der Waals surface area contributed by atoms with Crippen molar-refractivity contribution in [3.05, 3.63) is 27.5 Å². The van der Waals surface area contributed by atoms with Gasteiger partial charge in [-0.3, -0.25) is 0 Å². The van der Waals surface area contributed by atoms with Crippen molar-refractivity contribution < 1.29 is 23.1 Å². The number of nitrogens with zero attached hydrogens (tertiary/aromatic N) is 4. The van der Waals surface area contributed by atoms with Gasteiger partial charge in [0.25, 0.3) is 0 Å². The number of carboxylic acids is 1. The summed E-state index contributed by atoms with van der Waals surface area (Å²) in [6.07, 6.45) is -4.84. The summed E-state index contributed by atoms with van der Waals surface area (Å²) >= 11 is 1.17. The zero-order valence-corrected chi connectivity index (χ0v) is 10.3. The van der Waals surface area contributed by atoms with E-state index in [2.05, 4.69) is 15.3 Å². The van der Waals surface area contributed by atoms with Crippen LogP contribution in [0, 0.1) is 6.92 Å². The number of rotatable bonds is 3. The molecule has 10 heteroatoms. The normalized spacial score (nSPS) is 11.8. The largest absolute Gasteiger partial charge is 0.476 e. The predicted molar refractivity (Wildman–Crippen MR) is 57.9 cm³/mol. The van der Waals surface area contributed by atoms with Gasteiger partial charge in [0.1, 0.15) is 5.01 Å². The Bertz CT molecular complexity index is 619. The van der Waals surface area contributed by atoms with Crippen LogP contribution in [0.3, 0.4) is 0 Å². The number of alkyl halides is 3. The van der Waals surface area contributed by atoms with Crippen LogP contribution in [0.1, 0.15) is 26.9 Å². The van der Waals surface area contributed by atoms with Crippen LogP contribution in [0.4, 0.5) is 13.2 Å². The molecule has 0 unspecified atom stereocenters. The van der Waals surface area contributed by atoms with Crippen molar-refractivity contribution >= 4 is 17.3 Å². The Kier molecular flexibility index (Phi) is 3.27. The fourth-order valence-corrected chi connectivity index (χ4v) is 2.20. The lowest BCUT2D eigenvalue weighted by atomic mass is 10.3. The first-order valence-corrected chi connectivity index (χ1v) is 5.82. The van der Waals surface area contributed by atoms with E-state index in [0.29, 0.717) is 15.4 Å². The third-order valence-corrected chi connectivity index (χ3v) is 3.11. The average Bonchev–Trinajstić information content (AvgIpc) is 2.84. The van der Waals surface area contributed by atoms with Crippen molar-refractivity contribution in [2.24, 2.45) is 0 Å². The molecule has 0 aromatic carbocycles. The molecule has 1 N–H and O–H groups in total. The summed E-state index contributed by atoms with van der Waals surface area (Å²) in [5.74, 6) is -1.77. The van der Waals surface area contributed by atoms with Gasteiger partial charge in [0, 0.05) is 11.1 Å². The van der Waals surface area contributed by atoms with Gasteiger partial charge in [0.15, 0.2) is 5.69 Å². The summed E-state index contributed by atoms with van der Waals surface area (Å²) in [5, 5.41) is 17.1. The maximum Gasteiger partial charge on any atom is 0.435 e. The van der Waals surface area contributed by atoms with Gasteiger partial charge in [0.05, 0.1) is 6.54 Å². The lowest BCUT2D eigenvalue weighted by Crippen LogP contribution is -2.18. The standard InChI is InChI=1S/C9H7F3N4O2S/c1-4-3-19-5(13-4)2-16-7(9(10,11)12)6(8(17)18)14-15-16/h3H,2H2,1H3,(H,17,18). The van der Waals surface area contributed by atoms with Crippen molar-refractivity contribution in [2.75, 3.05) is 0 Å². The molecule has 0 saturated heterocycles. The van der Waals surface area contributed by atoms with Crippen molar-refractivity contribution in [1.29, 1.82) is 0 Å².